The lowest BCUT2D eigenvalue weighted by Gasteiger charge is -2.33. The first kappa shape index (κ1) is 13.6. The summed E-state index contributed by atoms with van der Waals surface area (Å²) >= 11 is 5.90. The maximum absolute atomic E-state index is 13.5. The zero-order chi connectivity index (χ0) is 14.3. The van der Waals surface area contributed by atoms with Crippen molar-refractivity contribution in [2.24, 2.45) is 0 Å². The SMILES string of the molecule is CCN1CCCC(n2c(N)nc3cc(F)c(Cl)cc32)C1. The molecule has 2 heterocycles. The van der Waals surface area contributed by atoms with E-state index >= 15 is 0 Å². The van der Waals surface area contributed by atoms with Crippen LogP contribution in [0.25, 0.3) is 11.0 Å². The largest absolute Gasteiger partial charge is 0.369 e. The number of piperidine rings is 1. The number of rotatable bonds is 2. The third kappa shape index (κ3) is 2.25. The predicted molar refractivity (Wildman–Crippen MR) is 79.5 cm³/mol. The molecule has 1 aliphatic heterocycles. The number of likely N-dealkylation sites (tertiary alicyclic amines) is 1. The smallest absolute Gasteiger partial charge is 0.201 e. The fourth-order valence-corrected chi connectivity index (χ4v) is 3.18. The fourth-order valence-electron chi connectivity index (χ4n) is 3.02. The van der Waals surface area contributed by atoms with Gasteiger partial charge in [-0.2, -0.15) is 0 Å². The highest BCUT2D eigenvalue weighted by Gasteiger charge is 2.24. The first-order valence-corrected chi connectivity index (χ1v) is 7.32. The third-order valence-electron chi connectivity index (χ3n) is 4.05. The molecular weight excluding hydrogens is 279 g/mol. The summed E-state index contributed by atoms with van der Waals surface area (Å²) in [6.07, 6.45) is 2.19. The minimum absolute atomic E-state index is 0.113. The molecule has 4 nitrogen and oxygen atoms in total. The summed E-state index contributed by atoms with van der Waals surface area (Å²) in [7, 11) is 0. The molecular formula is C14H18ClFN4. The highest BCUT2D eigenvalue weighted by molar-refractivity contribution is 6.31. The van der Waals surface area contributed by atoms with E-state index in [1.54, 1.807) is 6.07 Å². The van der Waals surface area contributed by atoms with Gasteiger partial charge in [0.05, 0.1) is 16.1 Å². The number of halogens is 2. The van der Waals surface area contributed by atoms with Crippen LogP contribution in [0.2, 0.25) is 5.02 Å². The Morgan fingerprint density at radius 2 is 2.30 bits per heavy atom. The van der Waals surface area contributed by atoms with E-state index in [0.717, 1.165) is 38.0 Å². The average molecular weight is 297 g/mol. The van der Waals surface area contributed by atoms with E-state index in [2.05, 4.69) is 16.8 Å². The van der Waals surface area contributed by atoms with Crippen LogP contribution < -0.4 is 5.73 Å². The van der Waals surface area contributed by atoms with E-state index in [9.17, 15) is 4.39 Å². The highest BCUT2D eigenvalue weighted by atomic mass is 35.5. The quantitative estimate of drug-likeness (QED) is 0.926. The van der Waals surface area contributed by atoms with Gasteiger partial charge in [0, 0.05) is 18.7 Å². The van der Waals surface area contributed by atoms with Crippen molar-refractivity contribution in [1.29, 1.82) is 0 Å². The molecule has 3 rings (SSSR count). The summed E-state index contributed by atoms with van der Waals surface area (Å²) in [6, 6.07) is 3.25. The minimum Gasteiger partial charge on any atom is -0.369 e. The number of aromatic nitrogens is 2. The summed E-state index contributed by atoms with van der Waals surface area (Å²) in [5.74, 6) is -0.0211. The van der Waals surface area contributed by atoms with E-state index in [1.165, 1.54) is 6.07 Å². The third-order valence-corrected chi connectivity index (χ3v) is 4.34. The Morgan fingerprint density at radius 1 is 1.50 bits per heavy atom. The number of anilines is 1. The Bertz CT molecular complexity index is 640. The second-order valence-corrected chi connectivity index (χ2v) is 5.69. The van der Waals surface area contributed by atoms with E-state index in [0.29, 0.717) is 11.5 Å². The highest BCUT2D eigenvalue weighted by Crippen LogP contribution is 2.31. The topological polar surface area (TPSA) is 47.1 Å². The molecule has 1 fully saturated rings. The molecule has 1 atom stereocenters. The van der Waals surface area contributed by atoms with Gasteiger partial charge in [-0.1, -0.05) is 18.5 Å². The molecule has 1 saturated heterocycles. The molecule has 0 radical (unpaired) electrons. The molecule has 20 heavy (non-hydrogen) atoms. The summed E-state index contributed by atoms with van der Waals surface area (Å²) in [4.78, 5) is 6.66. The van der Waals surface area contributed by atoms with Crippen LogP contribution in [0, 0.1) is 5.82 Å². The maximum Gasteiger partial charge on any atom is 0.201 e. The zero-order valence-electron chi connectivity index (χ0n) is 11.4. The van der Waals surface area contributed by atoms with Gasteiger partial charge in [0.25, 0.3) is 0 Å². The van der Waals surface area contributed by atoms with Crippen molar-refractivity contribution >= 4 is 28.6 Å². The van der Waals surface area contributed by atoms with Gasteiger partial charge in [0.15, 0.2) is 0 Å². The number of nitrogen functional groups attached to an aromatic ring is 1. The van der Waals surface area contributed by atoms with Crippen molar-refractivity contribution in [3.05, 3.63) is 23.0 Å². The van der Waals surface area contributed by atoms with Crippen LogP contribution in [0.15, 0.2) is 12.1 Å². The van der Waals surface area contributed by atoms with Gasteiger partial charge in [0.2, 0.25) is 5.95 Å². The Morgan fingerprint density at radius 3 is 3.05 bits per heavy atom. The molecule has 0 amide bonds. The van der Waals surface area contributed by atoms with Gasteiger partial charge in [-0.15, -0.1) is 0 Å². The summed E-state index contributed by atoms with van der Waals surface area (Å²) in [6.45, 7) is 5.25. The predicted octanol–water partition coefficient (Wildman–Crippen LogP) is 3.07. The molecule has 1 unspecified atom stereocenters. The number of benzene rings is 1. The number of imidazole rings is 1. The van der Waals surface area contributed by atoms with E-state index in [-0.39, 0.29) is 11.1 Å². The minimum atomic E-state index is -0.456. The molecule has 2 aromatic rings. The van der Waals surface area contributed by atoms with Crippen molar-refractivity contribution in [1.82, 2.24) is 14.5 Å². The zero-order valence-corrected chi connectivity index (χ0v) is 12.2. The maximum atomic E-state index is 13.5. The van der Waals surface area contributed by atoms with Crippen LogP contribution in [-0.2, 0) is 0 Å². The molecule has 108 valence electrons. The Labute approximate surface area is 122 Å². The van der Waals surface area contributed by atoms with Crippen LogP contribution >= 0.6 is 11.6 Å². The van der Waals surface area contributed by atoms with Crippen LogP contribution in [0.5, 0.6) is 0 Å². The van der Waals surface area contributed by atoms with E-state index in [1.807, 2.05) is 4.57 Å². The molecule has 0 bridgehead atoms. The first-order valence-electron chi connectivity index (χ1n) is 6.95. The lowest BCUT2D eigenvalue weighted by Crippen LogP contribution is -2.36. The molecule has 0 saturated carbocycles. The number of nitrogens with two attached hydrogens (primary N) is 1. The Balaban J connectivity index is 2.06. The van der Waals surface area contributed by atoms with Gasteiger partial charge < -0.3 is 15.2 Å². The number of hydrogen-bond donors (Lipinski definition) is 1. The lowest BCUT2D eigenvalue weighted by atomic mass is 10.1. The van der Waals surface area contributed by atoms with Crippen LogP contribution in [0.4, 0.5) is 10.3 Å². The molecule has 0 spiro atoms. The summed E-state index contributed by atoms with van der Waals surface area (Å²) in [5.41, 5.74) is 7.42. The molecule has 1 aromatic heterocycles. The van der Waals surface area contributed by atoms with Gasteiger partial charge in [0.1, 0.15) is 5.82 Å². The second-order valence-electron chi connectivity index (χ2n) is 5.28. The van der Waals surface area contributed by atoms with Crippen molar-refractivity contribution in [2.75, 3.05) is 25.4 Å². The summed E-state index contributed by atoms with van der Waals surface area (Å²) < 4.78 is 15.5. The number of nitrogens with zero attached hydrogens (tertiary/aromatic N) is 3. The first-order chi connectivity index (χ1) is 9.60. The van der Waals surface area contributed by atoms with Crippen molar-refractivity contribution < 1.29 is 4.39 Å². The number of fused-ring (bicyclic) bond motifs is 1. The van der Waals surface area contributed by atoms with Crippen molar-refractivity contribution in [3.63, 3.8) is 0 Å². The molecule has 1 aromatic carbocycles. The molecule has 2 N–H and O–H groups in total. The Kier molecular flexibility index (Phi) is 3.56. The Hall–Kier alpha value is -1.33. The monoisotopic (exact) mass is 296 g/mol. The standard InChI is InChI=1S/C14H18ClFN4/c1-2-19-5-3-4-9(8-19)20-13-6-10(15)11(16)7-12(13)18-14(20)17/h6-7,9H,2-5,8H2,1H3,(H2,17,18). The van der Waals surface area contributed by atoms with Crippen LogP contribution in [0.1, 0.15) is 25.8 Å². The van der Waals surface area contributed by atoms with Crippen molar-refractivity contribution in [3.8, 4) is 0 Å². The second kappa shape index (κ2) is 5.22. The lowest BCUT2D eigenvalue weighted by molar-refractivity contribution is 0.188. The molecule has 1 aliphatic rings. The number of hydrogen-bond acceptors (Lipinski definition) is 3. The molecule has 6 heteroatoms. The van der Waals surface area contributed by atoms with Gasteiger partial charge in [-0.25, -0.2) is 9.37 Å². The molecule has 0 aliphatic carbocycles. The van der Waals surface area contributed by atoms with Crippen LogP contribution in [0.3, 0.4) is 0 Å². The normalized spacial score (nSPS) is 20.6. The van der Waals surface area contributed by atoms with Crippen LogP contribution in [-0.4, -0.2) is 34.1 Å². The summed E-state index contributed by atoms with van der Waals surface area (Å²) in [5, 5.41) is 0.113. The fraction of sp³-hybridized carbons (Fsp3) is 0.500. The number of likely N-dealkylation sites (N-methyl/N-ethyl adjacent to an activating group) is 1. The van der Waals surface area contributed by atoms with Crippen molar-refractivity contribution in [2.45, 2.75) is 25.8 Å². The average Bonchev–Trinajstić information content (AvgIpc) is 2.74. The van der Waals surface area contributed by atoms with Gasteiger partial charge >= 0.3 is 0 Å². The van der Waals surface area contributed by atoms with E-state index < -0.39 is 5.82 Å². The van der Waals surface area contributed by atoms with E-state index in [4.69, 9.17) is 17.3 Å². The van der Waals surface area contributed by atoms with Gasteiger partial charge in [-0.3, -0.25) is 0 Å². The van der Waals surface area contributed by atoms with Gasteiger partial charge in [-0.05, 0) is 32.0 Å².